The van der Waals surface area contributed by atoms with E-state index in [0.29, 0.717) is 11.2 Å². The van der Waals surface area contributed by atoms with Gasteiger partial charge in [0.15, 0.2) is 5.11 Å². The molecule has 2 atom stereocenters. The van der Waals surface area contributed by atoms with Crippen molar-refractivity contribution in [2.45, 2.75) is 52.7 Å². The van der Waals surface area contributed by atoms with Crippen molar-refractivity contribution in [3.05, 3.63) is 76.9 Å². The van der Waals surface area contributed by atoms with E-state index in [0.717, 1.165) is 22.6 Å². The number of aryl methyl sites for hydroxylation is 2. The summed E-state index contributed by atoms with van der Waals surface area (Å²) < 4.78 is 7.30. The molecule has 1 amide bonds. The number of hydrogen-bond acceptors (Lipinski definition) is 4. The first kappa shape index (κ1) is 24.9. The molecule has 1 aromatic carbocycles. The van der Waals surface area contributed by atoms with E-state index in [-0.39, 0.29) is 24.6 Å². The molecular formula is C27H33N5O2S. The van der Waals surface area contributed by atoms with E-state index in [1.165, 1.54) is 24.1 Å². The van der Waals surface area contributed by atoms with Gasteiger partial charge in [0.25, 0.3) is 0 Å². The van der Waals surface area contributed by atoms with Gasteiger partial charge in [-0.15, -0.1) is 0 Å². The molecule has 1 aliphatic rings. The Labute approximate surface area is 212 Å². The summed E-state index contributed by atoms with van der Waals surface area (Å²) >= 11 is 5.89. The molecule has 0 spiro atoms. The molecule has 3 aromatic rings. The Balaban J connectivity index is 1.80. The summed E-state index contributed by atoms with van der Waals surface area (Å²) in [4.78, 5) is 18.9. The summed E-state index contributed by atoms with van der Waals surface area (Å²) in [6, 6.07) is 14.4. The predicted molar refractivity (Wildman–Crippen MR) is 144 cm³/mol. The molecule has 1 saturated heterocycles. The maximum absolute atomic E-state index is 12.0. The molecule has 8 heteroatoms. The van der Waals surface area contributed by atoms with Crippen LogP contribution in [-0.2, 0) is 9.53 Å². The van der Waals surface area contributed by atoms with Crippen molar-refractivity contribution < 1.29 is 9.53 Å². The lowest BCUT2D eigenvalue weighted by molar-refractivity contribution is -0.119. The third-order valence-electron chi connectivity index (χ3n) is 6.49. The molecule has 4 rings (SSSR count). The molecule has 0 bridgehead atoms. The van der Waals surface area contributed by atoms with Crippen LogP contribution in [0.25, 0.3) is 0 Å². The summed E-state index contributed by atoms with van der Waals surface area (Å²) in [5.74, 6) is -0.184. The van der Waals surface area contributed by atoms with Crippen LogP contribution >= 0.6 is 12.2 Å². The van der Waals surface area contributed by atoms with Crippen molar-refractivity contribution >= 4 is 34.6 Å². The fourth-order valence-corrected chi connectivity index (χ4v) is 5.45. The fraction of sp³-hybridized carbons (Fsp3) is 0.370. The molecule has 0 unspecified atom stereocenters. The maximum Gasteiger partial charge on any atom is 0.250 e. The van der Waals surface area contributed by atoms with Crippen LogP contribution in [0.3, 0.4) is 0 Å². The molecule has 2 N–H and O–H groups in total. The van der Waals surface area contributed by atoms with E-state index in [1.807, 2.05) is 43.5 Å². The molecule has 2 aromatic heterocycles. The number of amides is 1. The molecule has 184 valence electrons. The zero-order chi connectivity index (χ0) is 25.3. The summed E-state index contributed by atoms with van der Waals surface area (Å²) in [5, 5.41) is 7.09. The highest BCUT2D eigenvalue weighted by Gasteiger charge is 2.42. The summed E-state index contributed by atoms with van der Waals surface area (Å²) in [6.45, 7) is 10.7. The minimum absolute atomic E-state index is 0.0145. The lowest BCUT2D eigenvalue weighted by Gasteiger charge is -2.29. The van der Waals surface area contributed by atoms with Gasteiger partial charge in [0, 0.05) is 42.1 Å². The van der Waals surface area contributed by atoms with Gasteiger partial charge in [0.2, 0.25) is 5.91 Å². The Bertz CT molecular complexity index is 1240. The van der Waals surface area contributed by atoms with Crippen molar-refractivity contribution in [2.24, 2.45) is 0 Å². The average molecular weight is 492 g/mol. The van der Waals surface area contributed by atoms with E-state index >= 15 is 0 Å². The quantitative estimate of drug-likeness (QED) is 0.446. The van der Waals surface area contributed by atoms with Gasteiger partial charge in [-0.25, -0.2) is 0 Å². The van der Waals surface area contributed by atoms with E-state index in [2.05, 4.69) is 64.9 Å². The second-order valence-corrected chi connectivity index (χ2v) is 9.65. The Morgan fingerprint density at radius 1 is 1.20 bits per heavy atom. The maximum atomic E-state index is 12.0. The van der Waals surface area contributed by atoms with Crippen molar-refractivity contribution in [2.75, 3.05) is 23.9 Å². The van der Waals surface area contributed by atoms with Crippen molar-refractivity contribution in [1.29, 1.82) is 0 Å². The zero-order valence-electron chi connectivity index (χ0n) is 21.1. The number of benzene rings is 1. The number of pyridine rings is 1. The molecule has 0 aliphatic carbocycles. The normalized spacial score (nSPS) is 17.7. The molecular weight excluding hydrogens is 458 g/mol. The van der Waals surface area contributed by atoms with Crippen LogP contribution < -0.4 is 15.5 Å². The van der Waals surface area contributed by atoms with Gasteiger partial charge < -0.3 is 24.8 Å². The van der Waals surface area contributed by atoms with E-state index in [9.17, 15) is 4.79 Å². The molecule has 1 aliphatic heterocycles. The van der Waals surface area contributed by atoms with Crippen molar-refractivity contribution in [3.8, 4) is 0 Å². The predicted octanol–water partition coefficient (Wildman–Crippen LogP) is 5.15. The summed E-state index contributed by atoms with van der Waals surface area (Å²) in [7, 11) is 1.51. The van der Waals surface area contributed by atoms with Crippen LogP contribution in [0.4, 0.5) is 11.4 Å². The molecule has 7 nitrogen and oxygen atoms in total. The van der Waals surface area contributed by atoms with Crippen LogP contribution in [0.2, 0.25) is 0 Å². The van der Waals surface area contributed by atoms with Gasteiger partial charge in [0.1, 0.15) is 6.61 Å². The number of thiocarbonyl (C=S) groups is 1. The summed E-state index contributed by atoms with van der Waals surface area (Å²) in [6.07, 6.45) is 1.82. The van der Waals surface area contributed by atoms with Crippen molar-refractivity contribution in [1.82, 2.24) is 14.9 Å². The highest BCUT2D eigenvalue weighted by molar-refractivity contribution is 7.80. The van der Waals surface area contributed by atoms with Crippen LogP contribution in [0.1, 0.15) is 60.2 Å². The minimum atomic E-state index is -0.184. The average Bonchev–Trinajstić information content (AvgIpc) is 3.31. The number of carbonyl (C=O) groups excluding carboxylic acids is 1. The van der Waals surface area contributed by atoms with Crippen LogP contribution in [0, 0.1) is 20.8 Å². The lowest BCUT2D eigenvalue weighted by atomic mass is 9.96. The third-order valence-corrected chi connectivity index (χ3v) is 6.81. The van der Waals surface area contributed by atoms with Gasteiger partial charge >= 0.3 is 0 Å². The first-order valence-electron chi connectivity index (χ1n) is 11.8. The second kappa shape index (κ2) is 10.2. The largest absolute Gasteiger partial charge is 0.375 e. The summed E-state index contributed by atoms with van der Waals surface area (Å²) in [5.41, 5.74) is 7.26. The molecule has 1 fully saturated rings. The first-order chi connectivity index (χ1) is 16.7. The standard InChI is InChI=1S/C27H33N5O2S/c1-16(2)31-18(4)14-21(19(31)5)26-25(23-9-7-8-12-28-23)30-27(35)32(26)20-10-11-22(17(3)13-20)29-24(33)15-34-6/h7-14,16,25-26H,15H2,1-6H3,(H,29,33)(H,30,35)/t25-,26-/m0/s1. The highest BCUT2D eigenvalue weighted by atomic mass is 32.1. The zero-order valence-corrected chi connectivity index (χ0v) is 21.9. The Hall–Kier alpha value is -3.23. The number of aromatic nitrogens is 2. The van der Waals surface area contributed by atoms with Crippen LogP contribution in [0.15, 0.2) is 48.7 Å². The van der Waals surface area contributed by atoms with E-state index < -0.39 is 0 Å². The first-order valence-corrected chi connectivity index (χ1v) is 12.2. The van der Waals surface area contributed by atoms with Gasteiger partial charge in [-0.05, 0) is 94.4 Å². The lowest BCUT2D eigenvalue weighted by Crippen LogP contribution is -2.29. The number of rotatable bonds is 7. The molecule has 0 radical (unpaired) electrons. The number of ether oxygens (including phenoxy) is 1. The molecule has 35 heavy (non-hydrogen) atoms. The minimum Gasteiger partial charge on any atom is -0.375 e. The SMILES string of the molecule is COCC(=O)Nc1ccc(N2C(=S)N[C@@H](c3ccccn3)[C@@H]2c2cc(C)n(C(C)C)c2C)cc1C. The number of nitrogens with one attached hydrogen (secondary N) is 2. The van der Waals surface area contributed by atoms with Gasteiger partial charge in [0.05, 0.1) is 17.8 Å². The second-order valence-electron chi connectivity index (χ2n) is 9.27. The topological polar surface area (TPSA) is 71.4 Å². The van der Waals surface area contributed by atoms with Gasteiger partial charge in [-0.1, -0.05) is 6.07 Å². The Kier molecular flexibility index (Phi) is 7.23. The van der Waals surface area contributed by atoms with Crippen LogP contribution in [0.5, 0.6) is 0 Å². The van der Waals surface area contributed by atoms with E-state index in [1.54, 1.807) is 0 Å². The third kappa shape index (κ3) is 4.81. The number of nitrogens with zero attached hydrogens (tertiary/aromatic N) is 3. The Morgan fingerprint density at radius 2 is 1.97 bits per heavy atom. The van der Waals surface area contributed by atoms with Gasteiger partial charge in [-0.2, -0.15) is 0 Å². The van der Waals surface area contributed by atoms with E-state index in [4.69, 9.17) is 17.0 Å². The molecule has 0 saturated carbocycles. The number of carbonyl (C=O) groups is 1. The fourth-order valence-electron chi connectivity index (χ4n) is 5.10. The Morgan fingerprint density at radius 3 is 2.57 bits per heavy atom. The number of hydrogen-bond donors (Lipinski definition) is 2. The van der Waals surface area contributed by atoms with Crippen molar-refractivity contribution in [3.63, 3.8) is 0 Å². The number of anilines is 2. The number of methoxy groups -OCH3 is 1. The van der Waals surface area contributed by atoms with Gasteiger partial charge in [-0.3, -0.25) is 9.78 Å². The van der Waals surface area contributed by atoms with Crippen LogP contribution in [-0.4, -0.2) is 34.3 Å². The highest BCUT2D eigenvalue weighted by Crippen LogP contribution is 2.44. The smallest absolute Gasteiger partial charge is 0.250 e. The molecule has 3 heterocycles. The monoisotopic (exact) mass is 491 g/mol.